The Morgan fingerprint density at radius 3 is 2.57 bits per heavy atom. The average molecular weight is 348 g/mol. The first kappa shape index (κ1) is 19.0. The number of rotatable bonds is 4. The van der Waals surface area contributed by atoms with Gasteiger partial charge >= 0.3 is 6.18 Å². The highest BCUT2D eigenvalue weighted by molar-refractivity contribution is 7.13. The highest BCUT2D eigenvalue weighted by atomic mass is 32.1. The molecule has 0 amide bonds. The topological polar surface area (TPSA) is 45.1 Å². The monoisotopic (exact) mass is 348 g/mol. The number of hydrogen-bond donors (Lipinski definition) is 2. The van der Waals surface area contributed by atoms with E-state index >= 15 is 0 Å². The fourth-order valence-electron chi connectivity index (χ4n) is 1.60. The predicted octanol–water partition coefficient (Wildman–Crippen LogP) is 5.69. The van der Waals surface area contributed by atoms with Crippen LogP contribution in [-0.4, -0.2) is 10.1 Å². The lowest BCUT2D eigenvalue weighted by atomic mass is 10.2. The van der Waals surface area contributed by atoms with Gasteiger partial charge in [0.25, 0.3) is 0 Å². The molecule has 2 rings (SSSR count). The molecule has 3 nitrogen and oxygen atoms in total. The molecule has 2 aromatic rings. The summed E-state index contributed by atoms with van der Waals surface area (Å²) < 4.78 is 50.9. The molecular formula is C15H16F4N2OS. The first-order chi connectivity index (χ1) is 10.8. The summed E-state index contributed by atoms with van der Waals surface area (Å²) in [4.78, 5) is 4.07. The summed E-state index contributed by atoms with van der Waals surface area (Å²) in [6.07, 6.45) is -4.60. The van der Waals surface area contributed by atoms with Crippen molar-refractivity contribution in [3.05, 3.63) is 53.0 Å². The van der Waals surface area contributed by atoms with E-state index in [1.54, 1.807) is 5.38 Å². The second-order valence-corrected chi connectivity index (χ2v) is 5.06. The first-order valence-corrected chi connectivity index (χ1v) is 7.58. The molecule has 1 aromatic heterocycles. The molecule has 0 atom stereocenters. The van der Waals surface area contributed by atoms with Crippen LogP contribution in [0.4, 0.5) is 28.4 Å². The van der Waals surface area contributed by atoms with Crippen LogP contribution in [-0.2, 0) is 12.6 Å². The predicted molar refractivity (Wildman–Crippen MR) is 83.6 cm³/mol. The molecule has 0 saturated carbocycles. The Kier molecular flexibility index (Phi) is 6.56. The molecule has 0 aliphatic carbocycles. The third-order valence-corrected chi connectivity index (χ3v) is 3.27. The van der Waals surface area contributed by atoms with Crippen molar-refractivity contribution in [2.24, 2.45) is 0 Å². The number of aliphatic hydroxyl groups is 1. The Morgan fingerprint density at radius 1 is 1.35 bits per heavy atom. The number of alkyl halides is 3. The van der Waals surface area contributed by atoms with E-state index in [9.17, 15) is 17.6 Å². The molecule has 0 fully saturated rings. The van der Waals surface area contributed by atoms with Crippen LogP contribution in [0.25, 0.3) is 0 Å². The van der Waals surface area contributed by atoms with Gasteiger partial charge in [-0.25, -0.2) is 9.37 Å². The highest BCUT2D eigenvalue weighted by Gasteiger charge is 2.34. The maximum atomic E-state index is 13.2. The van der Waals surface area contributed by atoms with Gasteiger partial charge in [-0.1, -0.05) is 20.4 Å². The SMILES string of the molecule is C=C(O)Cc1csc(Nc2ccc(F)c(C(F)(F)F)c2)n1.CC. The van der Waals surface area contributed by atoms with E-state index in [4.69, 9.17) is 5.11 Å². The Balaban J connectivity index is 0.00000127. The van der Waals surface area contributed by atoms with Crippen molar-refractivity contribution in [1.29, 1.82) is 0 Å². The van der Waals surface area contributed by atoms with Crippen LogP contribution in [0.15, 0.2) is 35.9 Å². The average Bonchev–Trinajstić information content (AvgIpc) is 2.88. The number of anilines is 2. The van der Waals surface area contributed by atoms with Crippen molar-refractivity contribution >= 4 is 22.2 Å². The number of thiazole rings is 1. The second-order valence-electron chi connectivity index (χ2n) is 4.20. The molecule has 0 unspecified atom stereocenters. The van der Waals surface area contributed by atoms with Gasteiger partial charge in [0.15, 0.2) is 5.13 Å². The smallest absolute Gasteiger partial charge is 0.419 e. The number of nitrogens with one attached hydrogen (secondary N) is 1. The molecule has 0 aliphatic rings. The van der Waals surface area contributed by atoms with Crippen LogP contribution in [0.1, 0.15) is 25.1 Å². The van der Waals surface area contributed by atoms with E-state index in [0.29, 0.717) is 16.9 Å². The van der Waals surface area contributed by atoms with E-state index in [1.165, 1.54) is 6.07 Å². The minimum atomic E-state index is -4.76. The summed E-state index contributed by atoms with van der Waals surface area (Å²) in [7, 11) is 0. The summed E-state index contributed by atoms with van der Waals surface area (Å²) >= 11 is 1.15. The van der Waals surface area contributed by atoms with Crippen molar-refractivity contribution in [2.75, 3.05) is 5.32 Å². The number of hydrogen-bond acceptors (Lipinski definition) is 4. The van der Waals surface area contributed by atoms with Crippen LogP contribution in [0.2, 0.25) is 0 Å². The number of aliphatic hydroxyl groups excluding tert-OH is 1. The van der Waals surface area contributed by atoms with E-state index in [-0.39, 0.29) is 17.9 Å². The van der Waals surface area contributed by atoms with E-state index < -0.39 is 17.6 Å². The Morgan fingerprint density at radius 2 is 2.00 bits per heavy atom. The summed E-state index contributed by atoms with van der Waals surface area (Å²) in [5.74, 6) is -1.39. The minimum Gasteiger partial charge on any atom is -0.513 e. The van der Waals surface area contributed by atoms with Crippen molar-refractivity contribution in [2.45, 2.75) is 26.4 Å². The van der Waals surface area contributed by atoms with Crippen LogP contribution in [0.3, 0.4) is 0 Å². The van der Waals surface area contributed by atoms with Gasteiger partial charge in [0.2, 0.25) is 0 Å². The van der Waals surface area contributed by atoms with Gasteiger partial charge in [0.05, 0.1) is 17.0 Å². The zero-order valence-electron chi connectivity index (χ0n) is 12.5. The van der Waals surface area contributed by atoms with Crippen molar-refractivity contribution < 1.29 is 22.7 Å². The number of allylic oxidation sites excluding steroid dienone is 1. The molecule has 0 bridgehead atoms. The third kappa shape index (κ3) is 5.55. The maximum Gasteiger partial charge on any atom is 0.419 e. The molecule has 0 aliphatic heterocycles. The number of halogens is 4. The normalized spacial score (nSPS) is 10.7. The van der Waals surface area contributed by atoms with E-state index in [0.717, 1.165) is 17.4 Å². The molecule has 126 valence electrons. The van der Waals surface area contributed by atoms with Gasteiger partial charge in [0, 0.05) is 17.5 Å². The Hall–Kier alpha value is -2.09. The number of benzene rings is 1. The standard InChI is InChI=1S/C13H10F4N2OS.C2H6/c1-7(20)4-9-6-21-12(19-9)18-8-2-3-11(14)10(5-8)13(15,16)17;1-2/h2-3,5-6,20H,1,4H2,(H,18,19);1-2H3. The van der Waals surface area contributed by atoms with E-state index in [1.807, 2.05) is 13.8 Å². The van der Waals surface area contributed by atoms with Gasteiger partial charge in [-0.2, -0.15) is 13.2 Å². The Bertz CT molecular complexity index is 668. The maximum absolute atomic E-state index is 13.2. The fourth-order valence-corrected chi connectivity index (χ4v) is 2.33. The van der Waals surface area contributed by atoms with Crippen molar-refractivity contribution in [1.82, 2.24) is 4.98 Å². The molecule has 0 spiro atoms. The molecule has 1 aromatic carbocycles. The quantitative estimate of drug-likeness (QED) is 0.551. The lowest BCUT2D eigenvalue weighted by molar-refractivity contribution is -0.139. The first-order valence-electron chi connectivity index (χ1n) is 6.70. The molecule has 8 heteroatoms. The largest absolute Gasteiger partial charge is 0.513 e. The van der Waals surface area contributed by atoms with Crippen molar-refractivity contribution in [3.8, 4) is 0 Å². The van der Waals surface area contributed by atoms with Crippen molar-refractivity contribution in [3.63, 3.8) is 0 Å². The van der Waals surface area contributed by atoms with E-state index in [2.05, 4.69) is 16.9 Å². The van der Waals surface area contributed by atoms with Crippen LogP contribution in [0.5, 0.6) is 0 Å². The summed E-state index contributed by atoms with van der Waals surface area (Å²) in [6.45, 7) is 7.33. The zero-order valence-corrected chi connectivity index (χ0v) is 13.4. The fraction of sp³-hybridized carbons (Fsp3) is 0.267. The summed E-state index contributed by atoms with van der Waals surface area (Å²) in [5, 5.41) is 13.7. The van der Waals surface area contributed by atoms with Gasteiger partial charge in [0.1, 0.15) is 5.82 Å². The molecule has 1 heterocycles. The Labute approximate surface area is 135 Å². The van der Waals surface area contributed by atoms with Crippen LogP contribution in [0, 0.1) is 5.82 Å². The molecule has 0 saturated heterocycles. The minimum absolute atomic E-state index is 0.0620. The lowest BCUT2D eigenvalue weighted by Crippen LogP contribution is -2.08. The number of nitrogens with zero attached hydrogens (tertiary/aromatic N) is 1. The summed E-state index contributed by atoms with van der Waals surface area (Å²) in [5.41, 5.74) is -0.728. The molecule has 2 N–H and O–H groups in total. The summed E-state index contributed by atoms with van der Waals surface area (Å²) in [6, 6.07) is 2.62. The molecular weight excluding hydrogens is 332 g/mol. The van der Waals surface area contributed by atoms with Crippen LogP contribution >= 0.6 is 11.3 Å². The van der Waals surface area contributed by atoms with Crippen LogP contribution < -0.4 is 5.32 Å². The number of aromatic nitrogens is 1. The van der Waals surface area contributed by atoms with Gasteiger partial charge < -0.3 is 10.4 Å². The van der Waals surface area contributed by atoms with Gasteiger partial charge in [-0.05, 0) is 18.2 Å². The lowest BCUT2D eigenvalue weighted by Gasteiger charge is -2.10. The van der Waals surface area contributed by atoms with Gasteiger partial charge in [-0.15, -0.1) is 11.3 Å². The molecule has 23 heavy (non-hydrogen) atoms. The van der Waals surface area contributed by atoms with Gasteiger partial charge in [-0.3, -0.25) is 0 Å². The molecule has 0 radical (unpaired) electrons. The third-order valence-electron chi connectivity index (χ3n) is 2.46. The zero-order chi connectivity index (χ0) is 17.6. The highest BCUT2D eigenvalue weighted by Crippen LogP contribution is 2.34. The second kappa shape index (κ2) is 7.96.